The number of ether oxygens (including phenoxy) is 1. The minimum Gasteiger partial charge on any atom is -0.497 e. The lowest BCUT2D eigenvalue weighted by Crippen LogP contribution is -2.12. The summed E-state index contributed by atoms with van der Waals surface area (Å²) in [4.78, 5) is 17.4. The molecule has 6 heteroatoms. The average Bonchev–Trinajstić information content (AvgIpc) is 3.10. The fourth-order valence-corrected chi connectivity index (χ4v) is 3.91. The molecule has 0 aliphatic carbocycles. The van der Waals surface area contributed by atoms with E-state index in [1.54, 1.807) is 18.9 Å². The molecular weight excluding hydrogens is 394 g/mol. The van der Waals surface area contributed by atoms with Gasteiger partial charge in [-0.2, -0.15) is 11.8 Å². The zero-order valence-electron chi connectivity index (χ0n) is 17.2. The summed E-state index contributed by atoms with van der Waals surface area (Å²) < 4.78 is 7.23. The van der Waals surface area contributed by atoms with Crippen LogP contribution in [0.15, 0.2) is 66.9 Å². The standard InChI is InChI=1S/C24H23N3O2S/c1-16-23(18-8-11-21(29-2)12-9-18)26-22-13-10-20(14-27(16)22)25-24(28)19-6-4-17(5-7-19)15-30-3/h4-14H,15H2,1-3H3,(H,25,28). The Morgan fingerprint density at radius 1 is 1.07 bits per heavy atom. The van der Waals surface area contributed by atoms with Crippen LogP contribution in [0.3, 0.4) is 0 Å². The highest BCUT2D eigenvalue weighted by atomic mass is 32.2. The molecule has 2 aromatic heterocycles. The number of methoxy groups -OCH3 is 1. The second-order valence-electron chi connectivity index (χ2n) is 7.00. The van der Waals surface area contributed by atoms with Crippen molar-refractivity contribution in [2.45, 2.75) is 12.7 Å². The highest BCUT2D eigenvalue weighted by Crippen LogP contribution is 2.27. The smallest absolute Gasteiger partial charge is 0.255 e. The highest BCUT2D eigenvalue weighted by Gasteiger charge is 2.12. The van der Waals surface area contributed by atoms with Crippen molar-refractivity contribution in [2.24, 2.45) is 0 Å². The first-order chi connectivity index (χ1) is 14.6. The van der Waals surface area contributed by atoms with Crippen LogP contribution in [-0.2, 0) is 5.75 Å². The topological polar surface area (TPSA) is 55.6 Å². The normalized spacial score (nSPS) is 10.9. The van der Waals surface area contributed by atoms with Gasteiger partial charge < -0.3 is 14.5 Å². The molecule has 0 bridgehead atoms. The van der Waals surface area contributed by atoms with Crippen LogP contribution in [0.25, 0.3) is 16.9 Å². The van der Waals surface area contributed by atoms with E-state index >= 15 is 0 Å². The lowest BCUT2D eigenvalue weighted by atomic mass is 10.1. The van der Waals surface area contributed by atoms with Crippen molar-refractivity contribution in [2.75, 3.05) is 18.7 Å². The van der Waals surface area contributed by atoms with Gasteiger partial charge in [-0.1, -0.05) is 12.1 Å². The molecule has 0 spiro atoms. The van der Waals surface area contributed by atoms with Crippen LogP contribution in [0.4, 0.5) is 5.69 Å². The zero-order chi connectivity index (χ0) is 21.1. The highest BCUT2D eigenvalue weighted by molar-refractivity contribution is 7.97. The molecule has 0 aliphatic rings. The van der Waals surface area contributed by atoms with E-state index in [9.17, 15) is 4.79 Å². The summed E-state index contributed by atoms with van der Waals surface area (Å²) in [5.41, 5.74) is 6.34. The maximum absolute atomic E-state index is 12.6. The number of benzene rings is 2. The van der Waals surface area contributed by atoms with Crippen LogP contribution < -0.4 is 10.1 Å². The van der Waals surface area contributed by atoms with Crippen molar-refractivity contribution in [3.8, 4) is 17.0 Å². The fourth-order valence-electron chi connectivity index (χ4n) is 3.38. The molecule has 0 radical (unpaired) electrons. The molecule has 152 valence electrons. The number of fused-ring (bicyclic) bond motifs is 1. The van der Waals surface area contributed by atoms with E-state index in [4.69, 9.17) is 9.72 Å². The van der Waals surface area contributed by atoms with Gasteiger partial charge in [-0.25, -0.2) is 4.98 Å². The molecule has 0 fully saturated rings. The van der Waals surface area contributed by atoms with E-state index in [0.717, 1.165) is 39.8 Å². The number of pyridine rings is 1. The molecule has 0 saturated heterocycles. The Balaban J connectivity index is 1.58. The molecule has 2 heterocycles. The zero-order valence-corrected chi connectivity index (χ0v) is 18.0. The number of nitrogens with one attached hydrogen (secondary N) is 1. The quantitative estimate of drug-likeness (QED) is 0.454. The first-order valence-corrected chi connectivity index (χ1v) is 11.0. The van der Waals surface area contributed by atoms with Gasteiger partial charge in [0.2, 0.25) is 0 Å². The Morgan fingerprint density at radius 2 is 1.80 bits per heavy atom. The monoisotopic (exact) mass is 417 g/mol. The molecule has 4 aromatic rings. The van der Waals surface area contributed by atoms with Crippen LogP contribution >= 0.6 is 11.8 Å². The summed E-state index contributed by atoms with van der Waals surface area (Å²) in [6.45, 7) is 2.02. The van der Waals surface area contributed by atoms with Gasteiger partial charge in [0.05, 0.1) is 18.5 Å². The predicted octanol–water partition coefficient (Wildman–Crippen LogP) is 5.43. The van der Waals surface area contributed by atoms with Gasteiger partial charge in [0.25, 0.3) is 5.91 Å². The number of hydrogen-bond acceptors (Lipinski definition) is 4. The summed E-state index contributed by atoms with van der Waals surface area (Å²) in [5.74, 6) is 1.62. The minimum atomic E-state index is -0.127. The Kier molecular flexibility index (Phi) is 5.77. The van der Waals surface area contributed by atoms with E-state index in [2.05, 4.69) is 11.6 Å². The number of anilines is 1. The number of nitrogens with zero attached hydrogens (tertiary/aromatic N) is 2. The lowest BCUT2D eigenvalue weighted by Gasteiger charge is -2.07. The van der Waals surface area contributed by atoms with E-state index in [-0.39, 0.29) is 5.91 Å². The molecule has 0 saturated carbocycles. The second-order valence-corrected chi connectivity index (χ2v) is 7.87. The van der Waals surface area contributed by atoms with Gasteiger partial charge >= 0.3 is 0 Å². The molecule has 1 amide bonds. The van der Waals surface area contributed by atoms with Crippen molar-refractivity contribution in [1.82, 2.24) is 9.38 Å². The van der Waals surface area contributed by atoms with Crippen LogP contribution in [0, 0.1) is 6.92 Å². The summed E-state index contributed by atoms with van der Waals surface area (Å²) >= 11 is 1.76. The number of carbonyl (C=O) groups excluding carboxylic acids is 1. The van der Waals surface area contributed by atoms with E-state index < -0.39 is 0 Å². The molecule has 0 aliphatic heterocycles. The van der Waals surface area contributed by atoms with Crippen molar-refractivity contribution in [3.63, 3.8) is 0 Å². The Hall–Kier alpha value is -3.25. The predicted molar refractivity (Wildman–Crippen MR) is 124 cm³/mol. The Morgan fingerprint density at radius 3 is 2.47 bits per heavy atom. The van der Waals surface area contributed by atoms with E-state index in [1.165, 1.54) is 5.56 Å². The summed E-state index contributed by atoms with van der Waals surface area (Å²) in [5, 5.41) is 2.98. The van der Waals surface area contributed by atoms with Crippen molar-refractivity contribution in [1.29, 1.82) is 0 Å². The van der Waals surface area contributed by atoms with Crippen molar-refractivity contribution < 1.29 is 9.53 Å². The Labute approximate surface area is 180 Å². The number of imidazole rings is 1. The van der Waals surface area contributed by atoms with Crippen LogP contribution in [0.5, 0.6) is 5.75 Å². The molecule has 30 heavy (non-hydrogen) atoms. The number of hydrogen-bond donors (Lipinski definition) is 1. The maximum Gasteiger partial charge on any atom is 0.255 e. The molecular formula is C24H23N3O2S. The number of rotatable bonds is 6. The number of amides is 1. The third-order valence-electron chi connectivity index (χ3n) is 5.01. The second kappa shape index (κ2) is 8.63. The average molecular weight is 418 g/mol. The molecule has 5 nitrogen and oxygen atoms in total. The fraction of sp³-hybridized carbons (Fsp3) is 0.167. The van der Waals surface area contributed by atoms with Gasteiger partial charge in [-0.05, 0) is 67.3 Å². The summed E-state index contributed by atoms with van der Waals surface area (Å²) in [6, 6.07) is 19.4. The molecule has 2 aromatic carbocycles. The SMILES string of the molecule is COc1ccc(-c2nc3ccc(NC(=O)c4ccc(CSC)cc4)cn3c2C)cc1. The van der Waals surface area contributed by atoms with Gasteiger partial charge in [-0.3, -0.25) is 4.79 Å². The first kappa shape index (κ1) is 20.0. The van der Waals surface area contributed by atoms with E-state index in [1.807, 2.05) is 78.2 Å². The number of carbonyl (C=O) groups is 1. The van der Waals surface area contributed by atoms with Gasteiger partial charge in [0.15, 0.2) is 0 Å². The van der Waals surface area contributed by atoms with E-state index in [0.29, 0.717) is 5.56 Å². The molecule has 1 N–H and O–H groups in total. The first-order valence-electron chi connectivity index (χ1n) is 9.61. The number of aromatic nitrogens is 2. The third kappa shape index (κ3) is 4.04. The minimum absolute atomic E-state index is 0.127. The largest absolute Gasteiger partial charge is 0.497 e. The van der Waals surface area contributed by atoms with Crippen molar-refractivity contribution in [3.05, 3.63) is 83.7 Å². The molecule has 0 unspecified atom stereocenters. The van der Waals surface area contributed by atoms with Crippen LogP contribution in [0.2, 0.25) is 0 Å². The summed E-state index contributed by atoms with van der Waals surface area (Å²) in [7, 11) is 1.65. The van der Waals surface area contributed by atoms with Gasteiger partial charge in [-0.15, -0.1) is 0 Å². The van der Waals surface area contributed by atoms with Gasteiger partial charge in [0.1, 0.15) is 11.4 Å². The Bertz CT molecular complexity index is 1180. The van der Waals surface area contributed by atoms with Crippen LogP contribution in [0.1, 0.15) is 21.6 Å². The number of thioether (sulfide) groups is 1. The van der Waals surface area contributed by atoms with Crippen LogP contribution in [-0.4, -0.2) is 28.7 Å². The lowest BCUT2D eigenvalue weighted by molar-refractivity contribution is 0.102. The van der Waals surface area contributed by atoms with Gasteiger partial charge in [0, 0.05) is 28.8 Å². The molecule has 0 atom stereocenters. The summed E-state index contributed by atoms with van der Waals surface area (Å²) in [6.07, 6.45) is 3.97. The molecule has 4 rings (SSSR count). The third-order valence-corrected chi connectivity index (χ3v) is 5.63. The maximum atomic E-state index is 12.6. The number of aryl methyl sites for hydroxylation is 1. The van der Waals surface area contributed by atoms with Crippen molar-refractivity contribution >= 4 is 29.0 Å².